The molecule has 0 saturated carbocycles. The number of benzene rings is 2. The van der Waals surface area contributed by atoms with Crippen molar-refractivity contribution >= 4 is 46.4 Å². The van der Waals surface area contributed by atoms with Gasteiger partial charge in [-0.25, -0.2) is 0 Å². The average molecular weight is 353 g/mol. The van der Waals surface area contributed by atoms with Crippen LogP contribution in [0.25, 0.3) is 0 Å². The molecule has 2 aromatic rings. The van der Waals surface area contributed by atoms with Crippen molar-refractivity contribution in [1.29, 1.82) is 0 Å². The van der Waals surface area contributed by atoms with Crippen LogP contribution in [0, 0.1) is 0 Å². The minimum Gasteiger partial charge on any atom is -0.356 e. The van der Waals surface area contributed by atoms with Gasteiger partial charge in [0.05, 0.1) is 6.04 Å². The Morgan fingerprint density at radius 2 is 1.68 bits per heavy atom. The van der Waals surface area contributed by atoms with Crippen molar-refractivity contribution in [2.24, 2.45) is 0 Å². The zero-order chi connectivity index (χ0) is 16.1. The maximum absolute atomic E-state index is 12.1. The zero-order valence-corrected chi connectivity index (χ0v) is 14.1. The van der Waals surface area contributed by atoms with Crippen molar-refractivity contribution in [3.63, 3.8) is 0 Å². The van der Waals surface area contributed by atoms with Gasteiger partial charge in [0, 0.05) is 15.6 Å². The predicted octanol–water partition coefficient (Wildman–Crippen LogP) is 4.36. The highest BCUT2D eigenvalue weighted by Crippen LogP contribution is 2.19. The van der Waals surface area contributed by atoms with E-state index in [2.05, 4.69) is 10.6 Å². The van der Waals surface area contributed by atoms with Crippen LogP contribution in [0.2, 0.25) is 10.0 Å². The molecule has 3 nitrogen and oxygen atoms in total. The number of rotatable bonds is 3. The number of halogens is 2. The van der Waals surface area contributed by atoms with Gasteiger partial charge in [-0.3, -0.25) is 10.1 Å². The van der Waals surface area contributed by atoms with E-state index in [-0.39, 0.29) is 17.1 Å². The number of hydrogen-bond acceptors (Lipinski definition) is 2. The lowest BCUT2D eigenvalue weighted by molar-refractivity contribution is 0.0976. The Labute approximate surface area is 144 Å². The van der Waals surface area contributed by atoms with Crippen LogP contribution in [0.3, 0.4) is 0 Å². The Morgan fingerprint density at radius 3 is 2.27 bits per heavy atom. The van der Waals surface area contributed by atoms with E-state index in [9.17, 15) is 4.79 Å². The Morgan fingerprint density at radius 1 is 1.09 bits per heavy atom. The molecule has 0 aliphatic carbocycles. The molecule has 0 radical (unpaired) electrons. The van der Waals surface area contributed by atoms with Gasteiger partial charge in [-0.05, 0) is 42.9 Å². The monoisotopic (exact) mass is 352 g/mol. The van der Waals surface area contributed by atoms with Gasteiger partial charge in [0.2, 0.25) is 0 Å². The largest absolute Gasteiger partial charge is 0.356 e. The second-order valence-corrected chi connectivity index (χ2v) is 6.00. The third-order valence-electron chi connectivity index (χ3n) is 3.00. The highest BCUT2D eigenvalue weighted by molar-refractivity contribution is 7.80. The van der Waals surface area contributed by atoms with Crippen LogP contribution >= 0.6 is 35.4 Å². The molecule has 2 rings (SSSR count). The van der Waals surface area contributed by atoms with Gasteiger partial charge in [-0.1, -0.05) is 53.5 Å². The summed E-state index contributed by atoms with van der Waals surface area (Å²) >= 11 is 16.9. The number of nitrogens with one attached hydrogen (secondary N) is 2. The Hall–Kier alpha value is -1.62. The molecule has 1 unspecified atom stereocenters. The highest BCUT2D eigenvalue weighted by atomic mass is 35.5. The smallest absolute Gasteiger partial charge is 0.257 e. The molecule has 0 aliphatic heterocycles. The van der Waals surface area contributed by atoms with E-state index >= 15 is 0 Å². The Balaban J connectivity index is 1.98. The zero-order valence-electron chi connectivity index (χ0n) is 11.8. The minimum absolute atomic E-state index is 0.0167. The quantitative estimate of drug-likeness (QED) is 0.806. The van der Waals surface area contributed by atoms with E-state index < -0.39 is 0 Å². The van der Waals surface area contributed by atoms with Gasteiger partial charge in [0.15, 0.2) is 5.11 Å². The van der Waals surface area contributed by atoms with E-state index in [1.165, 1.54) is 12.1 Å². The third kappa shape index (κ3) is 4.70. The normalized spacial score (nSPS) is 11.6. The average Bonchev–Trinajstić information content (AvgIpc) is 2.47. The maximum Gasteiger partial charge on any atom is 0.257 e. The van der Waals surface area contributed by atoms with E-state index in [1.54, 1.807) is 6.07 Å². The molecule has 0 fully saturated rings. The van der Waals surface area contributed by atoms with Crippen LogP contribution in [0.1, 0.15) is 28.9 Å². The van der Waals surface area contributed by atoms with Crippen molar-refractivity contribution in [2.45, 2.75) is 13.0 Å². The molecular formula is C16H14Cl2N2OS. The van der Waals surface area contributed by atoms with Gasteiger partial charge < -0.3 is 5.32 Å². The summed E-state index contributed by atoms with van der Waals surface area (Å²) < 4.78 is 0. The van der Waals surface area contributed by atoms with Crippen molar-refractivity contribution in [2.75, 3.05) is 0 Å². The lowest BCUT2D eigenvalue weighted by Crippen LogP contribution is -2.40. The Kier molecular flexibility index (Phi) is 5.77. The van der Waals surface area contributed by atoms with Crippen molar-refractivity contribution < 1.29 is 4.79 Å². The van der Waals surface area contributed by atoms with E-state index in [1.807, 2.05) is 37.3 Å². The van der Waals surface area contributed by atoms with Crippen LogP contribution in [0.4, 0.5) is 0 Å². The third-order valence-corrected chi connectivity index (χ3v) is 3.66. The molecule has 1 amide bonds. The number of carbonyl (C=O) groups excluding carboxylic acids is 1. The maximum atomic E-state index is 12.1. The van der Waals surface area contributed by atoms with Gasteiger partial charge in [-0.15, -0.1) is 0 Å². The van der Waals surface area contributed by atoms with Gasteiger partial charge >= 0.3 is 0 Å². The van der Waals surface area contributed by atoms with Crippen LogP contribution in [-0.4, -0.2) is 11.0 Å². The summed E-state index contributed by atoms with van der Waals surface area (Å²) in [5.41, 5.74) is 1.43. The summed E-state index contributed by atoms with van der Waals surface area (Å²) in [5, 5.41) is 6.72. The van der Waals surface area contributed by atoms with Crippen molar-refractivity contribution in [3.8, 4) is 0 Å². The standard InChI is InChI=1S/C16H14Cl2N2OS/c1-10(11-5-3-2-4-6-11)19-16(22)20-15(21)12-7-13(17)9-14(18)8-12/h2-10H,1H3,(H2,19,20,21,22). The first kappa shape index (κ1) is 16.7. The number of thiocarbonyl (C=S) groups is 1. The molecule has 0 bridgehead atoms. The molecular weight excluding hydrogens is 339 g/mol. The van der Waals surface area contributed by atoms with Gasteiger partial charge in [-0.2, -0.15) is 0 Å². The fraction of sp³-hybridized carbons (Fsp3) is 0.125. The fourth-order valence-electron chi connectivity index (χ4n) is 1.92. The SMILES string of the molecule is CC(NC(=S)NC(=O)c1cc(Cl)cc(Cl)c1)c1ccccc1. The molecule has 0 aromatic heterocycles. The van der Waals surface area contributed by atoms with Gasteiger partial charge in [0.1, 0.15) is 0 Å². The summed E-state index contributed by atoms with van der Waals surface area (Å²) in [5.74, 6) is -0.359. The number of carbonyl (C=O) groups is 1. The van der Waals surface area contributed by atoms with Crippen LogP contribution in [-0.2, 0) is 0 Å². The molecule has 0 heterocycles. The molecule has 1 atom stereocenters. The minimum atomic E-state index is -0.359. The van der Waals surface area contributed by atoms with Crippen molar-refractivity contribution in [1.82, 2.24) is 10.6 Å². The van der Waals surface area contributed by atoms with E-state index in [4.69, 9.17) is 35.4 Å². The van der Waals surface area contributed by atoms with Gasteiger partial charge in [0.25, 0.3) is 5.91 Å². The van der Waals surface area contributed by atoms with Crippen molar-refractivity contribution in [3.05, 3.63) is 69.7 Å². The molecule has 0 spiro atoms. The lowest BCUT2D eigenvalue weighted by atomic mass is 10.1. The summed E-state index contributed by atoms with van der Waals surface area (Å²) in [7, 11) is 0. The van der Waals surface area contributed by atoms with Crippen LogP contribution < -0.4 is 10.6 Å². The first-order chi connectivity index (χ1) is 10.5. The summed E-state index contributed by atoms with van der Waals surface area (Å²) in [4.78, 5) is 12.1. The fourth-order valence-corrected chi connectivity index (χ4v) is 2.71. The number of amides is 1. The van der Waals surface area contributed by atoms with Crippen LogP contribution in [0.15, 0.2) is 48.5 Å². The lowest BCUT2D eigenvalue weighted by Gasteiger charge is -2.16. The molecule has 114 valence electrons. The highest BCUT2D eigenvalue weighted by Gasteiger charge is 2.12. The number of hydrogen-bond donors (Lipinski definition) is 2. The molecule has 2 N–H and O–H groups in total. The molecule has 22 heavy (non-hydrogen) atoms. The topological polar surface area (TPSA) is 41.1 Å². The summed E-state index contributed by atoms with van der Waals surface area (Å²) in [6.45, 7) is 1.96. The second kappa shape index (κ2) is 7.58. The summed E-state index contributed by atoms with van der Waals surface area (Å²) in [6.07, 6.45) is 0. The first-order valence-electron chi connectivity index (χ1n) is 6.58. The molecule has 2 aromatic carbocycles. The molecule has 0 saturated heterocycles. The molecule has 0 aliphatic rings. The molecule has 6 heteroatoms. The van der Waals surface area contributed by atoms with Crippen LogP contribution in [0.5, 0.6) is 0 Å². The van der Waals surface area contributed by atoms with E-state index in [0.29, 0.717) is 15.6 Å². The second-order valence-electron chi connectivity index (χ2n) is 4.72. The summed E-state index contributed by atoms with van der Waals surface area (Å²) in [6, 6.07) is 14.4. The van der Waals surface area contributed by atoms with E-state index in [0.717, 1.165) is 5.56 Å². The first-order valence-corrected chi connectivity index (χ1v) is 7.75. The predicted molar refractivity (Wildman–Crippen MR) is 94.5 cm³/mol. The Bertz CT molecular complexity index is 672.